The molecular weight excluding hydrogens is 374 g/mol. The van der Waals surface area contributed by atoms with Crippen LogP contribution in [0.3, 0.4) is 0 Å². The van der Waals surface area contributed by atoms with Gasteiger partial charge in [0.05, 0.1) is 20.8 Å². The lowest BCUT2D eigenvalue weighted by atomic mass is 10.0. The van der Waals surface area contributed by atoms with Crippen molar-refractivity contribution in [1.29, 1.82) is 0 Å². The molecule has 0 radical (unpaired) electrons. The summed E-state index contributed by atoms with van der Waals surface area (Å²) in [6.07, 6.45) is 0. The zero-order valence-corrected chi connectivity index (χ0v) is 15.5. The summed E-state index contributed by atoms with van der Waals surface area (Å²) in [5.41, 5.74) is 4.12. The third kappa shape index (κ3) is 2.17. The predicted octanol–water partition coefficient (Wildman–Crippen LogP) is 5.81. The molecule has 0 bridgehead atoms. The number of para-hydroxylation sites is 1. The molecule has 27 heavy (non-hydrogen) atoms. The van der Waals surface area contributed by atoms with Gasteiger partial charge in [-0.1, -0.05) is 59.9 Å². The molecular formula is C21H11N3OS2. The molecule has 1 N–H and O–H groups in total. The Labute approximate surface area is 162 Å². The molecule has 0 aliphatic heterocycles. The highest BCUT2D eigenvalue weighted by molar-refractivity contribution is 7.21. The molecule has 0 atom stereocenters. The van der Waals surface area contributed by atoms with Crippen molar-refractivity contribution in [3.8, 4) is 21.7 Å². The zero-order chi connectivity index (χ0) is 18.0. The number of carbonyl (C=O) groups is 1. The van der Waals surface area contributed by atoms with E-state index in [-0.39, 0.29) is 5.91 Å². The Bertz CT molecular complexity index is 1290. The van der Waals surface area contributed by atoms with Gasteiger partial charge >= 0.3 is 0 Å². The first-order valence-corrected chi connectivity index (χ1v) is 10.1. The number of benzene rings is 3. The van der Waals surface area contributed by atoms with Crippen molar-refractivity contribution in [2.75, 3.05) is 5.32 Å². The minimum Gasteiger partial charge on any atom is -0.296 e. The van der Waals surface area contributed by atoms with Crippen LogP contribution in [0.25, 0.3) is 42.7 Å². The summed E-state index contributed by atoms with van der Waals surface area (Å²) in [6, 6.07) is 20.3. The fourth-order valence-corrected chi connectivity index (χ4v) is 5.45. The van der Waals surface area contributed by atoms with E-state index in [4.69, 9.17) is 4.98 Å². The van der Waals surface area contributed by atoms with Gasteiger partial charge in [0.2, 0.25) is 0 Å². The fraction of sp³-hybridized carbons (Fsp3) is 0. The van der Waals surface area contributed by atoms with Crippen LogP contribution in [0, 0.1) is 0 Å². The van der Waals surface area contributed by atoms with Gasteiger partial charge in [-0.15, -0.1) is 11.3 Å². The van der Waals surface area contributed by atoms with E-state index < -0.39 is 0 Å². The van der Waals surface area contributed by atoms with Crippen molar-refractivity contribution in [2.45, 2.75) is 0 Å². The van der Waals surface area contributed by atoms with Crippen molar-refractivity contribution < 1.29 is 4.79 Å². The third-order valence-corrected chi connectivity index (χ3v) is 6.78. The molecule has 6 rings (SSSR count). The van der Waals surface area contributed by atoms with Crippen LogP contribution >= 0.6 is 22.7 Å². The molecule has 0 unspecified atom stereocenters. The Morgan fingerprint density at radius 1 is 0.852 bits per heavy atom. The van der Waals surface area contributed by atoms with Crippen LogP contribution in [-0.2, 0) is 0 Å². The van der Waals surface area contributed by atoms with Crippen molar-refractivity contribution in [3.05, 3.63) is 65.7 Å². The number of anilines is 1. The average molecular weight is 385 g/mol. The van der Waals surface area contributed by atoms with Gasteiger partial charge in [-0.05, 0) is 22.9 Å². The summed E-state index contributed by atoms with van der Waals surface area (Å²) in [6.45, 7) is 0. The summed E-state index contributed by atoms with van der Waals surface area (Å²) in [4.78, 5) is 22.9. The Morgan fingerprint density at radius 3 is 2.52 bits per heavy atom. The standard InChI is InChI=1S/C21H11N3OS2/c25-19(20-22-14-9-1-2-10-15(14)26-20)24-21-23-17-12-7-3-5-11-6-4-8-13(16(11)12)18(17)27-21/h1-10H,(H,23,24,25). The average Bonchev–Trinajstić information content (AvgIpc) is 3.37. The lowest BCUT2D eigenvalue weighted by Crippen LogP contribution is -2.11. The number of rotatable bonds is 2. The van der Waals surface area contributed by atoms with Gasteiger partial charge in [0.1, 0.15) is 0 Å². The molecule has 2 heterocycles. The van der Waals surface area contributed by atoms with Gasteiger partial charge in [-0.2, -0.15) is 0 Å². The van der Waals surface area contributed by atoms with Crippen LogP contribution in [0.2, 0.25) is 0 Å². The lowest BCUT2D eigenvalue weighted by Gasteiger charge is -2.02. The van der Waals surface area contributed by atoms with E-state index in [9.17, 15) is 4.79 Å². The quantitative estimate of drug-likeness (QED) is 0.409. The fourth-order valence-electron chi connectivity index (χ4n) is 3.59. The van der Waals surface area contributed by atoms with Gasteiger partial charge in [0.15, 0.2) is 10.1 Å². The highest BCUT2D eigenvalue weighted by atomic mass is 32.1. The number of hydrogen-bond donors (Lipinski definition) is 1. The number of nitrogens with zero attached hydrogens (tertiary/aromatic N) is 2. The van der Waals surface area contributed by atoms with E-state index >= 15 is 0 Å². The maximum Gasteiger partial charge on any atom is 0.286 e. The SMILES string of the molecule is O=C(Nc1nc2c(s1)-c1cccc3cccc-2c13)c1nc2ccccc2s1. The summed E-state index contributed by atoms with van der Waals surface area (Å²) in [5.74, 6) is -0.213. The highest BCUT2D eigenvalue weighted by Crippen LogP contribution is 2.50. The zero-order valence-electron chi connectivity index (χ0n) is 13.9. The van der Waals surface area contributed by atoms with Crippen molar-refractivity contribution >= 4 is 54.7 Å². The smallest absolute Gasteiger partial charge is 0.286 e. The number of amides is 1. The summed E-state index contributed by atoms with van der Waals surface area (Å²) >= 11 is 2.91. The highest BCUT2D eigenvalue weighted by Gasteiger charge is 2.26. The van der Waals surface area contributed by atoms with Gasteiger partial charge in [0.25, 0.3) is 5.91 Å². The Kier molecular flexibility index (Phi) is 3.03. The van der Waals surface area contributed by atoms with E-state index in [1.54, 1.807) is 0 Å². The molecule has 3 aromatic carbocycles. The van der Waals surface area contributed by atoms with Gasteiger partial charge < -0.3 is 0 Å². The van der Waals surface area contributed by atoms with E-state index in [0.29, 0.717) is 10.1 Å². The van der Waals surface area contributed by atoms with Gasteiger partial charge in [0, 0.05) is 11.1 Å². The van der Waals surface area contributed by atoms with Crippen LogP contribution in [0.15, 0.2) is 60.7 Å². The number of fused-ring (bicyclic) bond motifs is 4. The molecule has 1 aliphatic carbocycles. The molecule has 1 aliphatic rings. The first-order valence-electron chi connectivity index (χ1n) is 8.48. The normalized spacial score (nSPS) is 11.9. The van der Waals surface area contributed by atoms with E-state index in [1.807, 2.05) is 24.3 Å². The number of hydrogen-bond acceptors (Lipinski definition) is 5. The molecule has 2 aromatic heterocycles. The first-order chi connectivity index (χ1) is 13.3. The monoisotopic (exact) mass is 385 g/mol. The molecule has 1 amide bonds. The minimum atomic E-state index is -0.213. The number of aromatic nitrogens is 2. The summed E-state index contributed by atoms with van der Waals surface area (Å²) in [5, 5.41) is 6.45. The Morgan fingerprint density at radius 2 is 1.67 bits per heavy atom. The maximum absolute atomic E-state index is 12.7. The second kappa shape index (κ2) is 5.45. The van der Waals surface area contributed by atoms with E-state index in [1.165, 1.54) is 39.0 Å². The maximum atomic E-state index is 12.7. The Balaban J connectivity index is 1.38. The lowest BCUT2D eigenvalue weighted by molar-refractivity contribution is 0.102. The molecule has 5 aromatic rings. The summed E-state index contributed by atoms with van der Waals surface area (Å²) in [7, 11) is 0. The number of thiazole rings is 2. The molecule has 128 valence electrons. The number of nitrogens with one attached hydrogen (secondary N) is 1. The molecule has 0 spiro atoms. The van der Waals surface area contributed by atoms with E-state index in [2.05, 4.69) is 46.7 Å². The summed E-state index contributed by atoms with van der Waals surface area (Å²) < 4.78 is 1.00. The van der Waals surface area contributed by atoms with Gasteiger partial charge in [-0.3, -0.25) is 10.1 Å². The predicted molar refractivity (Wildman–Crippen MR) is 112 cm³/mol. The molecule has 0 fully saturated rings. The van der Waals surface area contributed by atoms with Crippen LogP contribution in [0.5, 0.6) is 0 Å². The van der Waals surface area contributed by atoms with E-state index in [0.717, 1.165) is 26.4 Å². The molecule has 0 saturated heterocycles. The van der Waals surface area contributed by atoms with Crippen LogP contribution in [-0.4, -0.2) is 15.9 Å². The minimum absolute atomic E-state index is 0.213. The number of carbonyl (C=O) groups excluding carboxylic acids is 1. The van der Waals surface area contributed by atoms with Crippen molar-refractivity contribution in [3.63, 3.8) is 0 Å². The molecule has 6 heteroatoms. The first kappa shape index (κ1) is 15.0. The topological polar surface area (TPSA) is 54.9 Å². The second-order valence-electron chi connectivity index (χ2n) is 6.35. The Hall–Kier alpha value is -3.09. The molecule has 4 nitrogen and oxygen atoms in total. The molecule has 0 saturated carbocycles. The largest absolute Gasteiger partial charge is 0.296 e. The van der Waals surface area contributed by atoms with Crippen LogP contribution in [0.1, 0.15) is 9.80 Å². The van der Waals surface area contributed by atoms with Crippen molar-refractivity contribution in [1.82, 2.24) is 9.97 Å². The van der Waals surface area contributed by atoms with Gasteiger partial charge in [-0.25, -0.2) is 9.97 Å². The van der Waals surface area contributed by atoms with Crippen molar-refractivity contribution in [2.24, 2.45) is 0 Å². The van der Waals surface area contributed by atoms with Crippen LogP contribution < -0.4 is 5.32 Å². The third-order valence-electron chi connectivity index (χ3n) is 4.74. The second-order valence-corrected chi connectivity index (χ2v) is 8.38. The van der Waals surface area contributed by atoms with Crippen LogP contribution in [0.4, 0.5) is 5.13 Å².